The molecule has 0 aliphatic rings. The average molecular weight is 262 g/mol. The van der Waals surface area contributed by atoms with Gasteiger partial charge in [-0.05, 0) is 40.0 Å². The van der Waals surface area contributed by atoms with Crippen LogP contribution in [0.15, 0.2) is 16.6 Å². The summed E-state index contributed by atoms with van der Waals surface area (Å²) in [6.07, 6.45) is 0. The molecule has 1 rings (SSSR count). The van der Waals surface area contributed by atoms with Crippen molar-refractivity contribution < 1.29 is 9.13 Å². The molecule has 2 N–H and O–H groups in total. The molecular formula is C10H13BrFNO. The molecule has 0 fully saturated rings. The van der Waals surface area contributed by atoms with Gasteiger partial charge in [-0.25, -0.2) is 4.39 Å². The average Bonchev–Trinajstić information content (AvgIpc) is 2.19. The third-order valence-electron chi connectivity index (χ3n) is 2.14. The molecule has 0 aliphatic carbocycles. The summed E-state index contributed by atoms with van der Waals surface area (Å²) < 4.78 is 19.0. The second kappa shape index (κ2) is 4.75. The third-order valence-corrected chi connectivity index (χ3v) is 2.99. The van der Waals surface area contributed by atoms with Gasteiger partial charge in [0.15, 0.2) is 0 Å². The van der Waals surface area contributed by atoms with Gasteiger partial charge in [0.2, 0.25) is 0 Å². The van der Waals surface area contributed by atoms with Crippen molar-refractivity contribution in [1.82, 2.24) is 0 Å². The molecule has 0 aromatic heterocycles. The Labute approximate surface area is 91.4 Å². The molecule has 1 atom stereocenters. The molecule has 0 amide bonds. The zero-order chi connectivity index (χ0) is 10.7. The molecule has 4 heteroatoms. The van der Waals surface area contributed by atoms with Crippen LogP contribution in [0.1, 0.15) is 18.4 Å². The standard InChI is InChI=1S/C10H13BrFNO/c1-6(5-13)8-3-7(12)4-9(14-2)10(8)11/h3-4,6H,5,13H2,1-2H3. The maximum atomic E-state index is 13.1. The van der Waals surface area contributed by atoms with Gasteiger partial charge in [-0.1, -0.05) is 6.92 Å². The molecule has 1 aromatic carbocycles. The fourth-order valence-electron chi connectivity index (χ4n) is 1.22. The van der Waals surface area contributed by atoms with Gasteiger partial charge < -0.3 is 10.5 Å². The van der Waals surface area contributed by atoms with Gasteiger partial charge in [0.1, 0.15) is 11.6 Å². The van der Waals surface area contributed by atoms with Crippen molar-refractivity contribution in [2.24, 2.45) is 5.73 Å². The quantitative estimate of drug-likeness (QED) is 0.908. The maximum Gasteiger partial charge on any atom is 0.136 e. The van der Waals surface area contributed by atoms with Crippen molar-refractivity contribution in [3.8, 4) is 5.75 Å². The Bertz CT molecular complexity index is 330. The SMILES string of the molecule is COc1cc(F)cc(C(C)CN)c1Br. The minimum Gasteiger partial charge on any atom is -0.495 e. The van der Waals surface area contributed by atoms with Crippen LogP contribution in [-0.4, -0.2) is 13.7 Å². The lowest BCUT2D eigenvalue weighted by atomic mass is 10.0. The van der Waals surface area contributed by atoms with Gasteiger partial charge in [0.25, 0.3) is 0 Å². The molecule has 78 valence electrons. The lowest BCUT2D eigenvalue weighted by Gasteiger charge is -2.14. The van der Waals surface area contributed by atoms with Crippen LogP contribution in [0.2, 0.25) is 0 Å². The predicted molar refractivity (Wildman–Crippen MR) is 58.1 cm³/mol. The molecule has 0 saturated heterocycles. The van der Waals surface area contributed by atoms with Crippen LogP contribution in [0, 0.1) is 5.82 Å². The van der Waals surface area contributed by atoms with E-state index in [2.05, 4.69) is 15.9 Å². The Morgan fingerprint density at radius 2 is 2.21 bits per heavy atom. The Balaban J connectivity index is 3.21. The van der Waals surface area contributed by atoms with Crippen molar-refractivity contribution in [3.05, 3.63) is 28.0 Å². The van der Waals surface area contributed by atoms with E-state index in [1.807, 2.05) is 6.92 Å². The highest BCUT2D eigenvalue weighted by atomic mass is 79.9. The van der Waals surface area contributed by atoms with Gasteiger partial charge in [-0.2, -0.15) is 0 Å². The minimum atomic E-state index is -0.305. The summed E-state index contributed by atoms with van der Waals surface area (Å²) >= 11 is 3.37. The van der Waals surface area contributed by atoms with Crippen LogP contribution < -0.4 is 10.5 Å². The maximum absolute atomic E-state index is 13.1. The first-order valence-corrected chi connectivity index (χ1v) is 5.12. The Kier molecular flexibility index (Phi) is 3.89. The molecule has 2 nitrogen and oxygen atoms in total. The fourth-order valence-corrected chi connectivity index (χ4v) is 2.00. The van der Waals surface area contributed by atoms with E-state index in [4.69, 9.17) is 10.5 Å². The van der Waals surface area contributed by atoms with Crippen molar-refractivity contribution in [3.63, 3.8) is 0 Å². The molecule has 1 aromatic rings. The number of hydrogen-bond acceptors (Lipinski definition) is 2. The monoisotopic (exact) mass is 261 g/mol. The summed E-state index contributed by atoms with van der Waals surface area (Å²) in [5, 5.41) is 0. The Hall–Kier alpha value is -0.610. The van der Waals surface area contributed by atoms with Crippen molar-refractivity contribution in [2.45, 2.75) is 12.8 Å². The lowest BCUT2D eigenvalue weighted by molar-refractivity contribution is 0.407. The molecule has 0 aliphatic heterocycles. The number of benzene rings is 1. The summed E-state index contributed by atoms with van der Waals surface area (Å²) in [5.74, 6) is 0.301. The summed E-state index contributed by atoms with van der Waals surface area (Å²) in [4.78, 5) is 0. The van der Waals surface area contributed by atoms with Crippen LogP contribution >= 0.6 is 15.9 Å². The minimum absolute atomic E-state index is 0.106. The van der Waals surface area contributed by atoms with E-state index in [0.717, 1.165) is 10.0 Å². The molecule has 1 unspecified atom stereocenters. The van der Waals surface area contributed by atoms with Gasteiger partial charge in [-0.3, -0.25) is 0 Å². The molecular weight excluding hydrogens is 249 g/mol. The number of halogens is 2. The molecule has 0 bridgehead atoms. The summed E-state index contributed by atoms with van der Waals surface area (Å²) in [5.41, 5.74) is 6.37. The highest BCUT2D eigenvalue weighted by molar-refractivity contribution is 9.10. The third kappa shape index (κ3) is 2.25. The van der Waals surface area contributed by atoms with Gasteiger partial charge in [0, 0.05) is 6.07 Å². The number of ether oxygens (including phenoxy) is 1. The molecule has 0 heterocycles. The van der Waals surface area contributed by atoms with E-state index in [1.165, 1.54) is 19.2 Å². The lowest BCUT2D eigenvalue weighted by Crippen LogP contribution is -2.10. The highest BCUT2D eigenvalue weighted by Crippen LogP contribution is 2.33. The first-order chi connectivity index (χ1) is 6.60. The number of methoxy groups -OCH3 is 1. The smallest absolute Gasteiger partial charge is 0.136 e. The van der Waals surface area contributed by atoms with Crippen LogP contribution in [-0.2, 0) is 0 Å². The molecule has 0 spiro atoms. The normalized spacial score (nSPS) is 12.6. The fraction of sp³-hybridized carbons (Fsp3) is 0.400. The highest BCUT2D eigenvalue weighted by Gasteiger charge is 2.13. The first kappa shape index (κ1) is 11.5. The van der Waals surface area contributed by atoms with Gasteiger partial charge in [0.05, 0.1) is 11.6 Å². The van der Waals surface area contributed by atoms with Crippen LogP contribution in [0.5, 0.6) is 5.75 Å². The number of rotatable bonds is 3. The summed E-state index contributed by atoms with van der Waals surface area (Å²) in [6, 6.07) is 2.82. The van der Waals surface area contributed by atoms with Crippen LogP contribution in [0.3, 0.4) is 0 Å². The Morgan fingerprint density at radius 1 is 1.57 bits per heavy atom. The van der Waals surface area contributed by atoms with Crippen LogP contribution in [0.4, 0.5) is 4.39 Å². The molecule has 14 heavy (non-hydrogen) atoms. The predicted octanol–water partition coefficient (Wildman–Crippen LogP) is 2.66. The van der Waals surface area contributed by atoms with E-state index >= 15 is 0 Å². The van der Waals surface area contributed by atoms with E-state index in [-0.39, 0.29) is 11.7 Å². The van der Waals surface area contributed by atoms with Gasteiger partial charge >= 0.3 is 0 Å². The number of nitrogens with two attached hydrogens (primary N) is 1. The van der Waals surface area contributed by atoms with Gasteiger partial charge in [-0.15, -0.1) is 0 Å². The van der Waals surface area contributed by atoms with Crippen molar-refractivity contribution >= 4 is 15.9 Å². The van der Waals surface area contributed by atoms with Crippen LogP contribution in [0.25, 0.3) is 0 Å². The van der Waals surface area contributed by atoms with Crippen molar-refractivity contribution in [2.75, 3.05) is 13.7 Å². The zero-order valence-electron chi connectivity index (χ0n) is 8.18. The largest absolute Gasteiger partial charge is 0.495 e. The second-order valence-corrected chi connectivity index (χ2v) is 3.94. The summed E-state index contributed by atoms with van der Waals surface area (Å²) in [7, 11) is 1.51. The molecule has 0 radical (unpaired) electrons. The van der Waals surface area contributed by atoms with E-state index in [0.29, 0.717) is 12.3 Å². The van der Waals surface area contributed by atoms with E-state index in [1.54, 1.807) is 0 Å². The zero-order valence-corrected chi connectivity index (χ0v) is 9.77. The first-order valence-electron chi connectivity index (χ1n) is 4.33. The second-order valence-electron chi connectivity index (χ2n) is 3.15. The summed E-state index contributed by atoms with van der Waals surface area (Å²) in [6.45, 7) is 2.42. The number of hydrogen-bond donors (Lipinski definition) is 1. The Morgan fingerprint density at radius 3 is 2.71 bits per heavy atom. The molecule has 0 saturated carbocycles. The van der Waals surface area contributed by atoms with E-state index < -0.39 is 0 Å². The van der Waals surface area contributed by atoms with E-state index in [9.17, 15) is 4.39 Å². The van der Waals surface area contributed by atoms with Crippen molar-refractivity contribution in [1.29, 1.82) is 0 Å². The topological polar surface area (TPSA) is 35.2 Å².